The minimum absolute atomic E-state index is 0.00926. The molecule has 0 aromatic heterocycles. The van der Waals surface area contributed by atoms with Gasteiger partial charge in [-0.25, -0.2) is 4.79 Å². The number of carbonyl (C=O) groups is 9. The minimum Gasteiger partial charge on any atom is -0.479 e. The topological polar surface area (TPSA) is 295 Å². The molecule has 0 aliphatic rings. The second-order valence-corrected chi connectivity index (χ2v) is 13.8. The third-order valence-electron chi connectivity index (χ3n) is 4.09. The maximum absolute atomic E-state index is 11.1. The number of rotatable bonds is 6. The first kappa shape index (κ1) is 112. The van der Waals surface area contributed by atoms with Crippen LogP contribution >= 0.6 is 46.2 Å². The first-order chi connectivity index (χ1) is 32.0. The predicted octanol–water partition coefficient (Wildman–Crippen LogP) is 7.81. The highest BCUT2D eigenvalue weighted by molar-refractivity contribution is 7.87. The van der Waals surface area contributed by atoms with Crippen LogP contribution in [0.2, 0.25) is 0 Å². The summed E-state index contributed by atoms with van der Waals surface area (Å²) >= 11 is 0. The van der Waals surface area contributed by atoms with E-state index in [1.165, 1.54) is 40.4 Å². The monoisotopic (exact) mass is 1150 g/mol. The largest absolute Gasteiger partial charge is 0.523 e. The molecule has 30 heteroatoms. The molecule has 0 aliphatic heterocycles. The zero-order valence-electron chi connectivity index (χ0n) is 47.3. The molecule has 21 nitrogen and oxygen atoms in total. The second-order valence-electron chi connectivity index (χ2n) is 9.59. The van der Waals surface area contributed by atoms with Crippen molar-refractivity contribution in [3.8, 4) is 0 Å². The zero-order chi connectivity index (χ0) is 61.7. The van der Waals surface area contributed by atoms with Crippen molar-refractivity contribution in [2.24, 2.45) is 0 Å². The van der Waals surface area contributed by atoms with Crippen molar-refractivity contribution < 1.29 is 84.2 Å². The Bertz CT molecular complexity index is 1220. The molecule has 0 spiro atoms. The van der Waals surface area contributed by atoms with E-state index >= 15 is 0 Å². The van der Waals surface area contributed by atoms with Gasteiger partial charge in [-0.1, -0.05) is 75.3 Å². The first-order valence-corrected chi connectivity index (χ1v) is 24.8. The molecule has 6 atom stereocenters. The Labute approximate surface area is 433 Å². The number of carboxylic acid groups (broad SMARTS) is 1. The lowest BCUT2D eigenvalue weighted by Crippen LogP contribution is -2.33. The number of nitrogens with one attached hydrogen (secondary N) is 2. The van der Waals surface area contributed by atoms with Gasteiger partial charge in [-0.15, -0.1) is 0 Å². The van der Waals surface area contributed by atoms with Crippen molar-refractivity contribution in [3.05, 3.63) is 11.8 Å². The highest BCUT2D eigenvalue weighted by Gasteiger charge is 2.46. The standard InChI is InChI=1S/C6H11NO.C5H9NO2.4C3H8NOP.C2H3F3O3S.C2H4O.5C2H6.CH3O2P.2CH4O/c1-4-6(7-3)5(2)8;1-4(8)5(3-7)6-2;4*1-4(2)3(5)6;1-8-9(6,7)2(3,4)5;1-2-3;5*1-2;2-1(3)4;2*1-2/h4,7H,1-3H3;3,5-6H,1-2H3;4*6H2,1-2H3;1H3;2H,1H3;5*1-2H3;4H2,(H,2,3);2*2H,1H3/b6-4-;;;;;;;;;;;;;;;. The van der Waals surface area contributed by atoms with Crippen molar-refractivity contribution in [1.29, 1.82) is 0 Å². The van der Waals surface area contributed by atoms with E-state index < -0.39 is 27.4 Å². The van der Waals surface area contributed by atoms with Crippen LogP contribution in [0.4, 0.5) is 37.1 Å². The van der Waals surface area contributed by atoms with E-state index in [4.69, 9.17) is 24.9 Å². The summed E-state index contributed by atoms with van der Waals surface area (Å²) in [4.78, 5) is 94.5. The summed E-state index contributed by atoms with van der Waals surface area (Å²) in [5.41, 5.74) is -5.51. The summed E-state index contributed by atoms with van der Waals surface area (Å²) in [6.45, 7) is 26.2. The average molecular weight is 1150 g/mol. The highest BCUT2D eigenvalue weighted by atomic mass is 32.2. The molecule has 0 radical (unpaired) electrons. The molecule has 0 rings (SSSR count). The van der Waals surface area contributed by atoms with Gasteiger partial charge < -0.3 is 55.1 Å². The molecular formula is C40H100F3N6O15P5S. The average Bonchev–Trinajstić information content (AvgIpc) is 3.30. The van der Waals surface area contributed by atoms with E-state index in [9.17, 15) is 55.2 Å². The predicted molar refractivity (Wildman–Crippen MR) is 303 cm³/mol. The number of alkyl halides is 3. The van der Waals surface area contributed by atoms with Crippen molar-refractivity contribution in [3.63, 3.8) is 0 Å². The molecule has 0 saturated heterocycles. The number of aliphatic hydroxyl groups excluding tert-OH is 2. The number of aldehydes is 2. The van der Waals surface area contributed by atoms with Crippen LogP contribution in [0, 0.1) is 0 Å². The zero-order valence-corrected chi connectivity index (χ0v) is 53.9. The van der Waals surface area contributed by atoms with Crippen molar-refractivity contribution in [2.75, 3.05) is 91.8 Å². The molecule has 0 fully saturated rings. The first-order valence-electron chi connectivity index (χ1n) is 20.5. The van der Waals surface area contributed by atoms with Gasteiger partial charge in [0.25, 0.3) is 0 Å². The molecule has 0 heterocycles. The van der Waals surface area contributed by atoms with Gasteiger partial charge in [0.05, 0.1) is 12.8 Å². The second kappa shape index (κ2) is 95.9. The van der Waals surface area contributed by atoms with Crippen LogP contribution in [0.3, 0.4) is 0 Å². The van der Waals surface area contributed by atoms with Gasteiger partial charge in [0.1, 0.15) is 18.6 Å². The van der Waals surface area contributed by atoms with Crippen LogP contribution in [0.15, 0.2) is 11.8 Å². The lowest BCUT2D eigenvalue weighted by molar-refractivity contribution is -0.123. The highest BCUT2D eigenvalue weighted by Crippen LogP contribution is 2.23. The Hall–Kier alpha value is -2.70. The number of nitrogens with zero attached hydrogens (tertiary/aromatic N) is 4. The van der Waals surface area contributed by atoms with Crippen LogP contribution in [0.5, 0.6) is 0 Å². The lowest BCUT2D eigenvalue weighted by Gasteiger charge is -2.02. The molecule has 0 aromatic rings. The number of hydrogen-bond acceptors (Lipinski definition) is 16. The molecule has 5 N–H and O–H groups in total. The van der Waals surface area contributed by atoms with Crippen LogP contribution in [0.25, 0.3) is 0 Å². The van der Waals surface area contributed by atoms with Crippen LogP contribution in [0.1, 0.15) is 96.9 Å². The van der Waals surface area contributed by atoms with Gasteiger partial charge >= 0.3 is 21.3 Å². The Balaban J connectivity index is -0.0000000327. The molecule has 70 heavy (non-hydrogen) atoms. The summed E-state index contributed by atoms with van der Waals surface area (Å²) in [6, 6.07) is -0.616. The fourth-order valence-electron chi connectivity index (χ4n) is 0.985. The Kier molecular flexibility index (Phi) is 154. The van der Waals surface area contributed by atoms with E-state index in [-0.39, 0.29) is 34.2 Å². The van der Waals surface area contributed by atoms with E-state index in [1.807, 2.05) is 76.2 Å². The number of ketones is 2. The van der Waals surface area contributed by atoms with E-state index in [0.717, 1.165) is 20.5 Å². The third-order valence-corrected chi connectivity index (χ3v) is 7.16. The number of amides is 4. The van der Waals surface area contributed by atoms with Crippen molar-refractivity contribution >= 4 is 109 Å². The molecule has 6 unspecified atom stereocenters. The lowest BCUT2D eigenvalue weighted by atomic mass is 10.2. The molecular weight excluding hydrogens is 1050 g/mol. The summed E-state index contributed by atoms with van der Waals surface area (Å²) in [7, 11) is 23.9. The Morgan fingerprint density at radius 3 is 0.757 bits per heavy atom. The summed E-state index contributed by atoms with van der Waals surface area (Å²) < 4.78 is 55.9. The maximum atomic E-state index is 11.1. The fourth-order valence-corrected chi connectivity index (χ4v) is 1.17. The normalized spacial score (nSPS) is 8.33. The maximum Gasteiger partial charge on any atom is 0.523 e. The third kappa shape index (κ3) is 158. The van der Waals surface area contributed by atoms with Crippen LogP contribution < -0.4 is 10.6 Å². The van der Waals surface area contributed by atoms with Crippen LogP contribution in [-0.4, -0.2) is 199 Å². The number of carbonyl (C=O) groups excluding carboxylic acids is 8. The fraction of sp³-hybridized carbons (Fsp3) is 0.725. The molecule has 0 saturated carbocycles. The van der Waals surface area contributed by atoms with Gasteiger partial charge in [-0.3, -0.25) is 33.0 Å². The quantitative estimate of drug-likeness (QED) is 0.0423. The molecule has 4 amide bonds. The van der Waals surface area contributed by atoms with Gasteiger partial charge in [0.15, 0.2) is 11.6 Å². The molecule has 0 bridgehead atoms. The molecule has 0 aliphatic carbocycles. The Morgan fingerprint density at radius 2 is 0.757 bits per heavy atom. The number of aliphatic hydroxyl groups is 2. The van der Waals surface area contributed by atoms with Crippen molar-refractivity contribution in [2.45, 2.75) is 108 Å². The Morgan fingerprint density at radius 1 is 0.586 bits per heavy atom. The number of likely N-dealkylation sites (N-methyl/N-ethyl adjacent to an activating group) is 2. The van der Waals surface area contributed by atoms with Crippen LogP contribution in [-0.2, 0) is 33.5 Å². The number of Topliss-reactive ketones (excluding diaryl/α,β-unsaturated/α-hetero) is 2. The SMILES string of the molecule is C/C=C(\NC)C(C)=O.CC.CC.CC.CC.CC.CC=O.CN(C)C(=O)P.CN(C)C(=O)P.CN(C)C(=O)P.CN(C)C(=O)P.CNC(C=O)C(C)=O.CO.CO.COS(=O)(=O)C(F)(F)F.O=C(O)P. The number of hydrogen-bond donors (Lipinski definition) is 5. The van der Waals surface area contributed by atoms with Gasteiger partial charge in [-0.05, 0) is 74.0 Å². The van der Waals surface area contributed by atoms with E-state index in [1.54, 1.807) is 85.8 Å². The number of allylic oxidation sites excluding steroid dienone is 2. The molecule has 0 aromatic carbocycles. The molecule has 432 valence electrons. The van der Waals surface area contributed by atoms with E-state index in [0.29, 0.717) is 19.1 Å². The summed E-state index contributed by atoms with van der Waals surface area (Å²) in [5, 5.41) is 26.7. The van der Waals surface area contributed by atoms with Gasteiger partial charge in [-0.2, -0.15) is 21.6 Å². The van der Waals surface area contributed by atoms with E-state index in [2.05, 4.69) is 51.8 Å². The summed E-state index contributed by atoms with van der Waals surface area (Å²) in [5.74, 6) is -0.0718. The van der Waals surface area contributed by atoms with Gasteiger partial charge in [0.2, 0.25) is 22.6 Å². The smallest absolute Gasteiger partial charge is 0.479 e. The number of halogens is 3. The summed E-state index contributed by atoms with van der Waals surface area (Å²) in [6.07, 6.45) is 3.09. The van der Waals surface area contributed by atoms with Crippen molar-refractivity contribution in [1.82, 2.24) is 30.2 Å². The van der Waals surface area contributed by atoms with Gasteiger partial charge in [0, 0.05) is 84.6 Å². The minimum atomic E-state index is -5.34.